The molecule has 0 radical (unpaired) electrons. The second-order valence-corrected chi connectivity index (χ2v) is 9.74. The van der Waals surface area contributed by atoms with E-state index >= 15 is 0 Å². The van der Waals surface area contributed by atoms with Crippen molar-refractivity contribution in [1.82, 2.24) is 10.6 Å². The van der Waals surface area contributed by atoms with Gasteiger partial charge in [-0.25, -0.2) is 9.59 Å². The van der Waals surface area contributed by atoms with Crippen LogP contribution in [0.4, 0.5) is 4.79 Å². The summed E-state index contributed by atoms with van der Waals surface area (Å²) in [5, 5.41) is 14.9. The molecule has 0 aliphatic heterocycles. The fraction of sp³-hybridized carbons (Fsp3) is 0.444. The van der Waals surface area contributed by atoms with Crippen LogP contribution in [0, 0.1) is 5.92 Å². The van der Waals surface area contributed by atoms with Crippen molar-refractivity contribution in [2.75, 3.05) is 6.61 Å². The molecule has 7 heteroatoms. The topological polar surface area (TPSA) is 105 Å². The zero-order valence-corrected chi connectivity index (χ0v) is 19.7. The normalized spacial score (nSPS) is 17.0. The quantitative estimate of drug-likeness (QED) is 0.535. The minimum Gasteiger partial charge on any atom is -0.480 e. The van der Waals surface area contributed by atoms with Gasteiger partial charge in [0.2, 0.25) is 5.91 Å². The SMILES string of the molecule is CC(C)[C@H](NC(=O)CC1(NC(=O)OCC2c3ccccc3-c3ccccc32)CCCC1)C(=O)O. The van der Waals surface area contributed by atoms with Crippen molar-refractivity contribution in [2.45, 2.75) is 63.5 Å². The van der Waals surface area contributed by atoms with Crippen LogP contribution in [0.25, 0.3) is 11.1 Å². The van der Waals surface area contributed by atoms with Gasteiger partial charge in [-0.3, -0.25) is 4.79 Å². The number of carbonyl (C=O) groups is 3. The smallest absolute Gasteiger partial charge is 0.407 e. The molecule has 34 heavy (non-hydrogen) atoms. The molecule has 2 aromatic rings. The standard InChI is InChI=1S/C27H32N2O5/c1-17(2)24(25(31)32)28-23(30)15-27(13-7-8-14-27)29-26(33)34-16-22-20-11-5-3-9-18(20)19-10-4-6-12-21(19)22/h3-6,9-12,17,22,24H,7-8,13-16H2,1-2H3,(H,28,30)(H,29,33)(H,31,32)/t24-/m0/s1. The minimum absolute atomic E-state index is 0.0354. The summed E-state index contributed by atoms with van der Waals surface area (Å²) in [5.41, 5.74) is 3.88. The minimum atomic E-state index is -1.06. The van der Waals surface area contributed by atoms with Crippen molar-refractivity contribution >= 4 is 18.0 Å². The van der Waals surface area contributed by atoms with Crippen LogP contribution in [0.3, 0.4) is 0 Å². The third-order valence-electron chi connectivity index (χ3n) is 7.02. The molecule has 1 fully saturated rings. The van der Waals surface area contributed by atoms with Gasteiger partial charge in [-0.2, -0.15) is 0 Å². The Hall–Kier alpha value is -3.35. The molecule has 7 nitrogen and oxygen atoms in total. The predicted octanol–water partition coefficient (Wildman–Crippen LogP) is 4.45. The number of alkyl carbamates (subject to hydrolysis) is 1. The lowest BCUT2D eigenvalue weighted by atomic mass is 9.92. The molecule has 4 rings (SSSR count). The Balaban J connectivity index is 1.40. The summed E-state index contributed by atoms with van der Waals surface area (Å²) < 4.78 is 5.69. The molecule has 2 amide bonds. The van der Waals surface area contributed by atoms with E-state index in [1.165, 1.54) is 0 Å². The van der Waals surface area contributed by atoms with E-state index in [-0.39, 0.29) is 30.8 Å². The van der Waals surface area contributed by atoms with Gasteiger partial charge in [0.1, 0.15) is 12.6 Å². The number of nitrogens with one attached hydrogen (secondary N) is 2. The van der Waals surface area contributed by atoms with E-state index in [9.17, 15) is 19.5 Å². The van der Waals surface area contributed by atoms with Crippen LogP contribution in [0.1, 0.15) is 63.0 Å². The molecule has 0 saturated heterocycles. The average Bonchev–Trinajstić information content (AvgIpc) is 3.38. The fourth-order valence-electron chi connectivity index (χ4n) is 5.29. The second kappa shape index (κ2) is 9.87. The number of carbonyl (C=O) groups excluding carboxylic acids is 2. The van der Waals surface area contributed by atoms with Gasteiger partial charge < -0.3 is 20.5 Å². The lowest BCUT2D eigenvalue weighted by Gasteiger charge is -2.30. The lowest BCUT2D eigenvalue weighted by Crippen LogP contribution is -2.52. The molecule has 1 saturated carbocycles. The van der Waals surface area contributed by atoms with E-state index < -0.39 is 23.6 Å². The Bertz CT molecular complexity index is 1030. The van der Waals surface area contributed by atoms with E-state index in [0.717, 1.165) is 35.1 Å². The molecule has 0 spiro atoms. The van der Waals surface area contributed by atoms with E-state index in [1.54, 1.807) is 13.8 Å². The van der Waals surface area contributed by atoms with Crippen molar-refractivity contribution in [3.8, 4) is 11.1 Å². The summed E-state index contributed by atoms with van der Waals surface area (Å²) in [5.74, 6) is -1.71. The van der Waals surface area contributed by atoms with E-state index in [0.29, 0.717) is 12.8 Å². The number of aliphatic carboxylic acids is 1. The third-order valence-corrected chi connectivity index (χ3v) is 7.02. The van der Waals surface area contributed by atoms with Crippen LogP contribution in [0.2, 0.25) is 0 Å². The first-order valence-electron chi connectivity index (χ1n) is 11.9. The largest absolute Gasteiger partial charge is 0.480 e. The van der Waals surface area contributed by atoms with Crippen LogP contribution >= 0.6 is 0 Å². The van der Waals surface area contributed by atoms with E-state index in [4.69, 9.17) is 4.74 Å². The predicted molar refractivity (Wildman–Crippen MR) is 128 cm³/mol. The summed E-state index contributed by atoms with van der Waals surface area (Å²) in [6.07, 6.45) is 2.59. The molecule has 2 aliphatic carbocycles. The highest BCUT2D eigenvalue weighted by atomic mass is 16.5. The maximum Gasteiger partial charge on any atom is 0.407 e. The van der Waals surface area contributed by atoms with Gasteiger partial charge in [0.05, 0.1) is 5.54 Å². The van der Waals surface area contributed by atoms with Gasteiger partial charge in [-0.1, -0.05) is 75.2 Å². The first-order valence-corrected chi connectivity index (χ1v) is 11.9. The second-order valence-electron chi connectivity index (χ2n) is 9.74. The maximum absolute atomic E-state index is 12.8. The van der Waals surface area contributed by atoms with Crippen LogP contribution in [-0.2, 0) is 14.3 Å². The number of hydrogen-bond donors (Lipinski definition) is 3. The molecule has 0 heterocycles. The Morgan fingerprint density at radius 3 is 2.09 bits per heavy atom. The molecule has 3 N–H and O–H groups in total. The number of ether oxygens (including phenoxy) is 1. The fourth-order valence-corrected chi connectivity index (χ4v) is 5.29. The summed E-state index contributed by atoms with van der Waals surface area (Å²) in [4.78, 5) is 37.0. The van der Waals surface area contributed by atoms with E-state index in [1.807, 2.05) is 24.3 Å². The molecule has 2 aromatic carbocycles. The molecule has 2 aliphatic rings. The van der Waals surface area contributed by atoms with Crippen LogP contribution in [-0.4, -0.2) is 41.3 Å². The molecule has 0 unspecified atom stereocenters. The number of amides is 2. The van der Waals surface area contributed by atoms with E-state index in [2.05, 4.69) is 34.9 Å². The summed E-state index contributed by atoms with van der Waals surface area (Å²) in [7, 11) is 0. The van der Waals surface area contributed by atoms with Gasteiger partial charge in [0.15, 0.2) is 0 Å². The lowest BCUT2D eigenvalue weighted by molar-refractivity contribution is -0.143. The van der Waals surface area contributed by atoms with Crippen LogP contribution in [0.5, 0.6) is 0 Å². The summed E-state index contributed by atoms with van der Waals surface area (Å²) >= 11 is 0. The van der Waals surface area contributed by atoms with Gasteiger partial charge in [0.25, 0.3) is 0 Å². The highest BCUT2D eigenvalue weighted by Crippen LogP contribution is 2.44. The highest BCUT2D eigenvalue weighted by Gasteiger charge is 2.39. The number of hydrogen-bond acceptors (Lipinski definition) is 4. The molecule has 0 bridgehead atoms. The van der Waals surface area contributed by atoms with Gasteiger partial charge in [-0.15, -0.1) is 0 Å². The molecule has 1 atom stereocenters. The van der Waals surface area contributed by atoms with Crippen molar-refractivity contribution in [2.24, 2.45) is 5.92 Å². The van der Waals surface area contributed by atoms with Crippen molar-refractivity contribution in [1.29, 1.82) is 0 Å². The summed E-state index contributed by atoms with van der Waals surface area (Å²) in [6.45, 7) is 3.70. The van der Waals surface area contributed by atoms with Crippen molar-refractivity contribution < 1.29 is 24.2 Å². The Morgan fingerprint density at radius 1 is 1.00 bits per heavy atom. The number of carboxylic acid groups (broad SMARTS) is 1. The van der Waals surface area contributed by atoms with Crippen molar-refractivity contribution in [3.05, 3.63) is 59.7 Å². The highest BCUT2D eigenvalue weighted by molar-refractivity contribution is 5.85. The van der Waals surface area contributed by atoms with Crippen LogP contribution in [0.15, 0.2) is 48.5 Å². The van der Waals surface area contributed by atoms with Gasteiger partial charge in [-0.05, 0) is 41.0 Å². The van der Waals surface area contributed by atoms with Crippen LogP contribution < -0.4 is 10.6 Å². The molecule has 0 aromatic heterocycles. The first-order chi connectivity index (χ1) is 16.3. The van der Waals surface area contributed by atoms with Gasteiger partial charge in [0, 0.05) is 12.3 Å². The Kier molecular flexibility index (Phi) is 6.91. The number of benzene rings is 2. The maximum atomic E-state index is 12.8. The number of rotatable bonds is 8. The zero-order valence-electron chi connectivity index (χ0n) is 19.7. The molecule has 180 valence electrons. The monoisotopic (exact) mass is 464 g/mol. The van der Waals surface area contributed by atoms with Crippen molar-refractivity contribution in [3.63, 3.8) is 0 Å². The average molecular weight is 465 g/mol. The molecular weight excluding hydrogens is 432 g/mol. The molecular formula is C27H32N2O5. The Labute approximate surface area is 199 Å². The van der Waals surface area contributed by atoms with Gasteiger partial charge >= 0.3 is 12.1 Å². The number of carboxylic acids is 1. The third kappa shape index (κ3) is 4.93. The zero-order chi connectivity index (χ0) is 24.3. The summed E-state index contributed by atoms with van der Waals surface area (Å²) in [6, 6.07) is 15.3. The first kappa shape index (κ1) is 23.8. The Morgan fingerprint density at radius 2 is 1.56 bits per heavy atom. The number of fused-ring (bicyclic) bond motifs is 3.